The third-order valence-corrected chi connectivity index (χ3v) is 6.15. The van der Waals surface area contributed by atoms with Gasteiger partial charge in [-0.2, -0.15) is 0 Å². The van der Waals surface area contributed by atoms with Crippen molar-refractivity contribution in [1.82, 2.24) is 0 Å². The van der Waals surface area contributed by atoms with Crippen LogP contribution in [0.15, 0.2) is 42.5 Å². The van der Waals surface area contributed by atoms with Gasteiger partial charge in [0.05, 0.1) is 0 Å². The van der Waals surface area contributed by atoms with E-state index in [1.54, 1.807) is 16.7 Å². The van der Waals surface area contributed by atoms with Crippen molar-refractivity contribution < 1.29 is 0 Å². The summed E-state index contributed by atoms with van der Waals surface area (Å²) in [6.45, 7) is 2.16. The molecule has 0 radical (unpaired) electrons. The largest absolute Gasteiger partial charge is 0.328 e. The molecule has 0 spiro atoms. The number of benzene rings is 2. The third-order valence-electron chi connectivity index (χ3n) is 6.15. The standard InChI is InChI=1S/C23H29N/c1-16-2-4-17(5-3-16)12-18-6-7-20-14-21(9-8-19(20)13-18)22-10-11-23(24)15-22/h2-5,8-9,14,18,22-23H,6-7,10-13,15,24H2,1H3. The minimum absolute atomic E-state index is 0.421. The second-order valence-corrected chi connectivity index (χ2v) is 8.10. The second kappa shape index (κ2) is 6.72. The monoisotopic (exact) mass is 319 g/mol. The number of aryl methyl sites for hydroxylation is 2. The fourth-order valence-electron chi connectivity index (χ4n) is 4.66. The summed E-state index contributed by atoms with van der Waals surface area (Å²) in [6.07, 6.45) is 8.69. The van der Waals surface area contributed by atoms with Crippen molar-refractivity contribution in [1.29, 1.82) is 0 Å². The van der Waals surface area contributed by atoms with Gasteiger partial charge in [-0.3, -0.25) is 0 Å². The fourth-order valence-corrected chi connectivity index (χ4v) is 4.66. The summed E-state index contributed by atoms with van der Waals surface area (Å²) in [4.78, 5) is 0. The van der Waals surface area contributed by atoms with Crippen molar-refractivity contribution in [3.63, 3.8) is 0 Å². The van der Waals surface area contributed by atoms with E-state index in [9.17, 15) is 0 Å². The van der Waals surface area contributed by atoms with Gasteiger partial charge in [-0.25, -0.2) is 0 Å². The van der Waals surface area contributed by atoms with Crippen LogP contribution in [0.3, 0.4) is 0 Å². The molecule has 0 amide bonds. The summed E-state index contributed by atoms with van der Waals surface area (Å²) in [6, 6.07) is 16.8. The van der Waals surface area contributed by atoms with Crippen LogP contribution in [0.1, 0.15) is 59.4 Å². The van der Waals surface area contributed by atoms with Crippen molar-refractivity contribution in [2.75, 3.05) is 0 Å². The Morgan fingerprint density at radius 2 is 1.79 bits per heavy atom. The first-order valence-electron chi connectivity index (χ1n) is 9.60. The molecule has 1 nitrogen and oxygen atoms in total. The number of hydrogen-bond acceptors (Lipinski definition) is 1. The van der Waals surface area contributed by atoms with Crippen LogP contribution in [0.5, 0.6) is 0 Å². The second-order valence-electron chi connectivity index (χ2n) is 8.10. The summed E-state index contributed by atoms with van der Waals surface area (Å²) < 4.78 is 0. The molecule has 0 aromatic heterocycles. The van der Waals surface area contributed by atoms with E-state index in [4.69, 9.17) is 5.73 Å². The van der Waals surface area contributed by atoms with Gasteiger partial charge in [-0.05, 0) is 86.0 Å². The van der Waals surface area contributed by atoms with Crippen LogP contribution >= 0.6 is 0 Å². The molecule has 1 fully saturated rings. The van der Waals surface area contributed by atoms with Gasteiger partial charge >= 0.3 is 0 Å². The summed E-state index contributed by atoms with van der Waals surface area (Å²) in [5.41, 5.74) is 13.7. The molecule has 4 rings (SSSR count). The predicted molar refractivity (Wildman–Crippen MR) is 101 cm³/mol. The van der Waals surface area contributed by atoms with Crippen LogP contribution in [-0.4, -0.2) is 6.04 Å². The summed E-state index contributed by atoms with van der Waals surface area (Å²) in [7, 11) is 0. The van der Waals surface area contributed by atoms with E-state index in [1.165, 1.54) is 56.1 Å². The lowest BCUT2D eigenvalue weighted by Gasteiger charge is -2.26. The van der Waals surface area contributed by atoms with Gasteiger partial charge in [0.1, 0.15) is 0 Å². The number of nitrogens with two attached hydrogens (primary N) is 1. The zero-order chi connectivity index (χ0) is 16.5. The van der Waals surface area contributed by atoms with Crippen molar-refractivity contribution in [3.8, 4) is 0 Å². The maximum Gasteiger partial charge on any atom is 0.00448 e. The summed E-state index contributed by atoms with van der Waals surface area (Å²) in [5, 5.41) is 0. The van der Waals surface area contributed by atoms with Crippen LogP contribution in [-0.2, 0) is 19.3 Å². The Bertz CT molecular complexity index is 700. The molecule has 3 unspecified atom stereocenters. The van der Waals surface area contributed by atoms with Gasteiger partial charge in [0.15, 0.2) is 0 Å². The number of hydrogen-bond donors (Lipinski definition) is 1. The van der Waals surface area contributed by atoms with E-state index in [1.807, 2.05) is 0 Å². The molecule has 1 heteroatoms. The molecule has 2 aliphatic carbocycles. The molecule has 1 saturated carbocycles. The van der Waals surface area contributed by atoms with Crippen LogP contribution in [0.2, 0.25) is 0 Å². The molecule has 2 aromatic rings. The van der Waals surface area contributed by atoms with Crippen molar-refractivity contribution >= 4 is 0 Å². The highest BCUT2D eigenvalue weighted by molar-refractivity contribution is 5.36. The Morgan fingerprint density at radius 3 is 2.54 bits per heavy atom. The van der Waals surface area contributed by atoms with Crippen LogP contribution in [0, 0.1) is 12.8 Å². The Labute approximate surface area is 146 Å². The molecule has 2 N–H and O–H groups in total. The van der Waals surface area contributed by atoms with E-state index >= 15 is 0 Å². The zero-order valence-corrected chi connectivity index (χ0v) is 14.8. The SMILES string of the molecule is Cc1ccc(CC2CCc3cc(C4CCC(N)C4)ccc3C2)cc1. The molecule has 0 heterocycles. The average molecular weight is 319 g/mol. The van der Waals surface area contributed by atoms with Crippen LogP contribution < -0.4 is 5.73 Å². The maximum absolute atomic E-state index is 6.10. The first kappa shape index (κ1) is 15.9. The lowest BCUT2D eigenvalue weighted by molar-refractivity contribution is 0.455. The molecular formula is C23H29N. The smallest absolute Gasteiger partial charge is 0.00448 e. The quantitative estimate of drug-likeness (QED) is 0.852. The minimum atomic E-state index is 0.421. The highest BCUT2D eigenvalue weighted by Gasteiger charge is 2.25. The molecule has 2 aromatic carbocycles. The van der Waals surface area contributed by atoms with E-state index in [0.717, 1.165) is 5.92 Å². The lowest BCUT2D eigenvalue weighted by atomic mass is 9.79. The normalized spacial score (nSPS) is 26.3. The average Bonchev–Trinajstić information content (AvgIpc) is 3.03. The number of fused-ring (bicyclic) bond motifs is 1. The van der Waals surface area contributed by atoms with E-state index in [0.29, 0.717) is 12.0 Å². The molecule has 0 bridgehead atoms. The summed E-state index contributed by atoms with van der Waals surface area (Å²) in [5.74, 6) is 1.50. The zero-order valence-electron chi connectivity index (χ0n) is 14.8. The van der Waals surface area contributed by atoms with Crippen LogP contribution in [0.25, 0.3) is 0 Å². The van der Waals surface area contributed by atoms with Gasteiger partial charge in [0.25, 0.3) is 0 Å². The Balaban J connectivity index is 1.44. The van der Waals surface area contributed by atoms with Crippen LogP contribution in [0.4, 0.5) is 0 Å². The van der Waals surface area contributed by atoms with Gasteiger partial charge in [0.2, 0.25) is 0 Å². The van der Waals surface area contributed by atoms with Gasteiger partial charge < -0.3 is 5.73 Å². The molecule has 0 aliphatic heterocycles. The van der Waals surface area contributed by atoms with E-state index in [-0.39, 0.29) is 0 Å². The van der Waals surface area contributed by atoms with Crippen molar-refractivity contribution in [2.45, 2.75) is 63.8 Å². The number of rotatable bonds is 3. The highest BCUT2D eigenvalue weighted by atomic mass is 14.6. The minimum Gasteiger partial charge on any atom is -0.328 e. The fraction of sp³-hybridized carbons (Fsp3) is 0.478. The van der Waals surface area contributed by atoms with E-state index in [2.05, 4.69) is 49.4 Å². The van der Waals surface area contributed by atoms with Crippen molar-refractivity contribution in [2.24, 2.45) is 11.7 Å². The molecule has 126 valence electrons. The molecule has 2 aliphatic rings. The third kappa shape index (κ3) is 3.42. The van der Waals surface area contributed by atoms with E-state index < -0.39 is 0 Å². The van der Waals surface area contributed by atoms with Crippen molar-refractivity contribution in [3.05, 3.63) is 70.3 Å². The Kier molecular flexibility index (Phi) is 4.45. The first-order chi connectivity index (χ1) is 11.7. The highest BCUT2D eigenvalue weighted by Crippen LogP contribution is 2.36. The Morgan fingerprint density at radius 1 is 0.958 bits per heavy atom. The topological polar surface area (TPSA) is 26.0 Å². The first-order valence-corrected chi connectivity index (χ1v) is 9.60. The predicted octanol–water partition coefficient (Wildman–Crippen LogP) is 4.94. The van der Waals surface area contributed by atoms with Gasteiger partial charge in [-0.15, -0.1) is 0 Å². The lowest BCUT2D eigenvalue weighted by Crippen LogP contribution is -2.17. The molecule has 0 saturated heterocycles. The Hall–Kier alpha value is -1.60. The maximum atomic E-state index is 6.10. The summed E-state index contributed by atoms with van der Waals surface area (Å²) >= 11 is 0. The molecule has 3 atom stereocenters. The molecule has 24 heavy (non-hydrogen) atoms. The van der Waals surface area contributed by atoms with Gasteiger partial charge in [0, 0.05) is 6.04 Å². The molecular weight excluding hydrogens is 290 g/mol. The van der Waals surface area contributed by atoms with Gasteiger partial charge in [-0.1, -0.05) is 48.0 Å².